The predicted molar refractivity (Wildman–Crippen MR) is 101 cm³/mol. The van der Waals surface area contributed by atoms with Crippen LogP contribution in [0.3, 0.4) is 0 Å². The van der Waals surface area contributed by atoms with Crippen molar-refractivity contribution in [1.29, 1.82) is 5.26 Å². The zero-order chi connectivity index (χ0) is 18.5. The lowest BCUT2D eigenvalue weighted by Gasteiger charge is -2.17. The van der Waals surface area contributed by atoms with E-state index in [1.54, 1.807) is 17.0 Å². The Morgan fingerprint density at radius 1 is 1.15 bits per heavy atom. The van der Waals surface area contributed by atoms with Gasteiger partial charge in [0.05, 0.1) is 18.4 Å². The smallest absolute Gasteiger partial charge is 0.229 e. The second kappa shape index (κ2) is 7.83. The highest BCUT2D eigenvalue weighted by Gasteiger charge is 2.35. The quantitative estimate of drug-likeness (QED) is 0.902. The molecule has 26 heavy (non-hydrogen) atoms. The number of nitriles is 1. The minimum absolute atomic E-state index is 0.0289. The van der Waals surface area contributed by atoms with E-state index in [2.05, 4.69) is 18.3 Å². The maximum absolute atomic E-state index is 12.5. The van der Waals surface area contributed by atoms with E-state index in [9.17, 15) is 9.59 Å². The molecule has 1 fully saturated rings. The van der Waals surface area contributed by atoms with Gasteiger partial charge in [-0.05, 0) is 41.8 Å². The number of hydrogen-bond acceptors (Lipinski definition) is 3. The number of hydrogen-bond donors (Lipinski definition) is 1. The second-order valence-electron chi connectivity index (χ2n) is 6.45. The summed E-state index contributed by atoms with van der Waals surface area (Å²) >= 11 is 0. The predicted octanol–water partition coefficient (Wildman–Crippen LogP) is 3.31. The molecule has 0 spiro atoms. The van der Waals surface area contributed by atoms with Gasteiger partial charge < -0.3 is 10.2 Å². The van der Waals surface area contributed by atoms with E-state index >= 15 is 0 Å². The van der Waals surface area contributed by atoms with E-state index < -0.39 is 0 Å². The van der Waals surface area contributed by atoms with Crippen LogP contribution in [-0.2, 0) is 22.4 Å². The van der Waals surface area contributed by atoms with Gasteiger partial charge in [-0.25, -0.2) is 0 Å². The molecule has 132 valence electrons. The molecule has 0 aromatic heterocycles. The van der Waals surface area contributed by atoms with Crippen molar-refractivity contribution in [1.82, 2.24) is 0 Å². The topological polar surface area (TPSA) is 73.2 Å². The summed E-state index contributed by atoms with van der Waals surface area (Å²) in [5.74, 6) is -0.551. The van der Waals surface area contributed by atoms with Crippen molar-refractivity contribution < 1.29 is 9.59 Å². The van der Waals surface area contributed by atoms with Gasteiger partial charge >= 0.3 is 0 Å². The molecule has 0 unspecified atom stereocenters. The van der Waals surface area contributed by atoms with Crippen LogP contribution in [0.15, 0.2) is 48.5 Å². The van der Waals surface area contributed by atoms with Crippen molar-refractivity contribution in [3.8, 4) is 6.07 Å². The van der Waals surface area contributed by atoms with Crippen molar-refractivity contribution >= 4 is 23.2 Å². The molecule has 3 rings (SSSR count). The van der Waals surface area contributed by atoms with E-state index in [1.807, 2.05) is 36.4 Å². The fourth-order valence-corrected chi connectivity index (χ4v) is 3.09. The van der Waals surface area contributed by atoms with Gasteiger partial charge in [0.25, 0.3) is 0 Å². The minimum Gasteiger partial charge on any atom is -0.326 e. The normalized spacial score (nSPS) is 16.4. The molecule has 1 heterocycles. The highest BCUT2D eigenvalue weighted by atomic mass is 16.2. The molecule has 0 aliphatic carbocycles. The van der Waals surface area contributed by atoms with Gasteiger partial charge in [0.1, 0.15) is 0 Å². The van der Waals surface area contributed by atoms with Gasteiger partial charge in [-0.3, -0.25) is 9.59 Å². The third-order valence-corrected chi connectivity index (χ3v) is 4.66. The van der Waals surface area contributed by atoms with Crippen LogP contribution in [0.25, 0.3) is 0 Å². The number of rotatable bonds is 5. The van der Waals surface area contributed by atoms with Gasteiger partial charge in [0.15, 0.2) is 0 Å². The van der Waals surface area contributed by atoms with E-state index in [0.29, 0.717) is 18.7 Å². The fourth-order valence-electron chi connectivity index (χ4n) is 3.09. The SMILES string of the molecule is CCc1ccc(N2C[C@@H](C(=O)Nc3ccc(CC#N)cc3)CC2=O)cc1. The van der Waals surface area contributed by atoms with Crippen LogP contribution in [0.1, 0.15) is 24.5 Å². The van der Waals surface area contributed by atoms with Crippen LogP contribution in [-0.4, -0.2) is 18.4 Å². The summed E-state index contributed by atoms with van der Waals surface area (Å²) in [5, 5.41) is 11.6. The molecule has 2 aromatic carbocycles. The summed E-state index contributed by atoms with van der Waals surface area (Å²) in [7, 11) is 0. The lowest BCUT2D eigenvalue weighted by atomic mass is 10.1. The molecule has 1 saturated heterocycles. The van der Waals surface area contributed by atoms with E-state index in [-0.39, 0.29) is 24.2 Å². The number of nitrogens with zero attached hydrogens (tertiary/aromatic N) is 2. The van der Waals surface area contributed by atoms with Crippen LogP contribution < -0.4 is 10.2 Å². The Morgan fingerprint density at radius 2 is 1.81 bits per heavy atom. The Morgan fingerprint density at radius 3 is 2.42 bits per heavy atom. The lowest BCUT2D eigenvalue weighted by Crippen LogP contribution is -2.28. The first-order valence-corrected chi connectivity index (χ1v) is 8.76. The van der Waals surface area contributed by atoms with Gasteiger partial charge in [0, 0.05) is 24.3 Å². The molecule has 1 atom stereocenters. The number of carbonyl (C=O) groups excluding carboxylic acids is 2. The third-order valence-electron chi connectivity index (χ3n) is 4.66. The summed E-state index contributed by atoms with van der Waals surface area (Å²) in [6.07, 6.45) is 1.51. The number of amides is 2. The third kappa shape index (κ3) is 3.92. The first kappa shape index (κ1) is 17.7. The standard InChI is InChI=1S/C21H21N3O2/c1-2-15-5-9-19(10-6-15)24-14-17(13-20(24)25)21(26)23-18-7-3-16(4-8-18)11-12-22/h3-10,17H,2,11,13-14H2,1H3,(H,23,26)/t17-/m0/s1. The number of aryl methyl sites for hydroxylation is 1. The minimum atomic E-state index is -0.368. The van der Waals surface area contributed by atoms with Crippen LogP contribution in [0.2, 0.25) is 0 Å². The molecule has 1 N–H and O–H groups in total. The van der Waals surface area contributed by atoms with Crippen LogP contribution in [0.5, 0.6) is 0 Å². The average Bonchev–Trinajstić information content (AvgIpc) is 3.05. The Balaban J connectivity index is 1.63. The van der Waals surface area contributed by atoms with Crippen molar-refractivity contribution in [3.05, 3.63) is 59.7 Å². The first-order chi connectivity index (χ1) is 12.6. The maximum Gasteiger partial charge on any atom is 0.229 e. The molecule has 0 bridgehead atoms. The molecule has 5 heteroatoms. The molecule has 1 aliphatic rings. The molecule has 0 saturated carbocycles. The molecule has 1 aliphatic heterocycles. The van der Waals surface area contributed by atoms with E-state index in [4.69, 9.17) is 5.26 Å². The van der Waals surface area contributed by atoms with Gasteiger partial charge in [-0.2, -0.15) is 5.26 Å². The van der Waals surface area contributed by atoms with E-state index in [0.717, 1.165) is 17.7 Å². The number of anilines is 2. The van der Waals surface area contributed by atoms with Crippen molar-refractivity contribution in [3.63, 3.8) is 0 Å². The first-order valence-electron chi connectivity index (χ1n) is 8.76. The fraction of sp³-hybridized carbons (Fsp3) is 0.286. The number of carbonyl (C=O) groups is 2. The van der Waals surface area contributed by atoms with Gasteiger partial charge in [-0.1, -0.05) is 31.2 Å². The summed E-state index contributed by atoms with van der Waals surface area (Å²) in [4.78, 5) is 26.5. The van der Waals surface area contributed by atoms with Crippen LogP contribution >= 0.6 is 0 Å². The summed E-state index contributed by atoms with van der Waals surface area (Å²) in [5.41, 5.74) is 3.64. The van der Waals surface area contributed by atoms with Gasteiger partial charge in [-0.15, -0.1) is 0 Å². The zero-order valence-corrected chi connectivity index (χ0v) is 14.7. The Labute approximate surface area is 153 Å². The number of nitrogens with one attached hydrogen (secondary N) is 1. The summed E-state index contributed by atoms with van der Waals surface area (Å²) in [6.45, 7) is 2.48. The Kier molecular flexibility index (Phi) is 5.33. The van der Waals surface area contributed by atoms with Gasteiger partial charge in [0.2, 0.25) is 11.8 Å². The van der Waals surface area contributed by atoms with Crippen LogP contribution in [0.4, 0.5) is 11.4 Å². The molecule has 5 nitrogen and oxygen atoms in total. The zero-order valence-electron chi connectivity index (χ0n) is 14.7. The highest BCUT2D eigenvalue weighted by molar-refractivity contribution is 6.03. The molecular weight excluding hydrogens is 326 g/mol. The largest absolute Gasteiger partial charge is 0.326 e. The van der Waals surface area contributed by atoms with Crippen molar-refractivity contribution in [2.45, 2.75) is 26.2 Å². The molecule has 2 amide bonds. The lowest BCUT2D eigenvalue weighted by molar-refractivity contribution is -0.122. The average molecular weight is 347 g/mol. The van der Waals surface area contributed by atoms with E-state index in [1.165, 1.54) is 5.56 Å². The molecule has 2 aromatic rings. The maximum atomic E-state index is 12.5. The summed E-state index contributed by atoms with van der Waals surface area (Å²) in [6, 6.07) is 17.2. The molecular formula is C21H21N3O2. The number of benzene rings is 2. The van der Waals surface area contributed by atoms with Crippen molar-refractivity contribution in [2.75, 3.05) is 16.8 Å². The Bertz CT molecular complexity index is 835. The van der Waals surface area contributed by atoms with Crippen molar-refractivity contribution in [2.24, 2.45) is 5.92 Å². The highest BCUT2D eigenvalue weighted by Crippen LogP contribution is 2.26. The van der Waals surface area contributed by atoms with Crippen LogP contribution in [0, 0.1) is 17.2 Å². The molecule has 0 radical (unpaired) electrons. The second-order valence-corrected chi connectivity index (χ2v) is 6.45. The monoisotopic (exact) mass is 347 g/mol. The summed E-state index contributed by atoms with van der Waals surface area (Å²) < 4.78 is 0. The Hall–Kier alpha value is -3.13.